The lowest BCUT2D eigenvalue weighted by atomic mass is 10.2. The Balaban J connectivity index is 1.48. The Morgan fingerprint density at radius 3 is 2.95 bits per heavy atom. The lowest BCUT2D eigenvalue weighted by Gasteiger charge is -2.10. The maximum absolute atomic E-state index is 11.9. The zero-order valence-electron chi connectivity index (χ0n) is 12.3. The van der Waals surface area contributed by atoms with Crippen LogP contribution in [0.2, 0.25) is 0 Å². The van der Waals surface area contributed by atoms with Crippen molar-refractivity contribution in [3.05, 3.63) is 48.3 Å². The van der Waals surface area contributed by atoms with Crippen molar-refractivity contribution in [2.75, 3.05) is 13.1 Å². The van der Waals surface area contributed by atoms with Gasteiger partial charge in [0.25, 0.3) is 0 Å². The molecule has 22 heavy (non-hydrogen) atoms. The number of aromatic nitrogens is 2. The van der Waals surface area contributed by atoms with E-state index < -0.39 is 6.10 Å². The number of rotatable bonds is 5. The Hall–Kier alpha value is -2.18. The van der Waals surface area contributed by atoms with E-state index in [-0.39, 0.29) is 11.9 Å². The Labute approximate surface area is 129 Å². The Kier molecular flexibility index (Phi) is 4.50. The maximum atomic E-state index is 11.9. The summed E-state index contributed by atoms with van der Waals surface area (Å²) in [5.74, 6) is -0.0491. The molecule has 0 aliphatic carbocycles. The van der Waals surface area contributed by atoms with Gasteiger partial charge < -0.3 is 15.7 Å². The van der Waals surface area contributed by atoms with Crippen LogP contribution in [0.3, 0.4) is 0 Å². The lowest BCUT2D eigenvalue weighted by Crippen LogP contribution is -2.41. The van der Waals surface area contributed by atoms with Crippen molar-refractivity contribution < 1.29 is 9.90 Å². The molecule has 1 aromatic carbocycles. The lowest BCUT2D eigenvalue weighted by molar-refractivity contribution is -0.122. The van der Waals surface area contributed by atoms with Gasteiger partial charge in [-0.2, -0.15) is 5.10 Å². The standard InChI is InChI=1S/C16H20N4O2/c21-14-8-15(18-10-14)16(22)17-7-6-12-9-19-20(11-12)13-4-2-1-3-5-13/h1-5,9,11,14-15,18,21H,6-8,10H2,(H,17,22)/t14-,15-/m1/s1. The van der Waals surface area contributed by atoms with Gasteiger partial charge in [-0.1, -0.05) is 18.2 Å². The van der Waals surface area contributed by atoms with Gasteiger partial charge in [0.2, 0.25) is 5.91 Å². The van der Waals surface area contributed by atoms with Crippen molar-refractivity contribution in [1.29, 1.82) is 0 Å². The number of aliphatic hydroxyl groups is 1. The van der Waals surface area contributed by atoms with Gasteiger partial charge in [0.15, 0.2) is 0 Å². The largest absolute Gasteiger partial charge is 0.392 e. The highest BCUT2D eigenvalue weighted by Gasteiger charge is 2.27. The first kappa shape index (κ1) is 14.7. The number of carbonyl (C=O) groups is 1. The molecular formula is C16H20N4O2. The number of benzene rings is 1. The molecule has 0 unspecified atom stereocenters. The summed E-state index contributed by atoms with van der Waals surface area (Å²) in [6, 6.07) is 9.63. The summed E-state index contributed by atoms with van der Waals surface area (Å²) in [5.41, 5.74) is 2.09. The van der Waals surface area contributed by atoms with E-state index in [1.165, 1.54) is 0 Å². The molecule has 6 heteroatoms. The first-order valence-electron chi connectivity index (χ1n) is 7.50. The van der Waals surface area contributed by atoms with E-state index >= 15 is 0 Å². The van der Waals surface area contributed by atoms with Crippen LogP contribution in [0.1, 0.15) is 12.0 Å². The summed E-state index contributed by atoms with van der Waals surface area (Å²) in [5, 5.41) is 19.6. The molecule has 3 N–H and O–H groups in total. The molecule has 1 aromatic heterocycles. The topological polar surface area (TPSA) is 79.2 Å². The minimum Gasteiger partial charge on any atom is -0.392 e. The monoisotopic (exact) mass is 300 g/mol. The zero-order valence-corrected chi connectivity index (χ0v) is 12.3. The summed E-state index contributed by atoms with van der Waals surface area (Å²) in [6.07, 6.45) is 4.58. The van der Waals surface area contributed by atoms with Crippen LogP contribution < -0.4 is 10.6 Å². The van der Waals surface area contributed by atoms with E-state index in [0.29, 0.717) is 19.5 Å². The smallest absolute Gasteiger partial charge is 0.237 e. The number of nitrogens with one attached hydrogen (secondary N) is 2. The third kappa shape index (κ3) is 3.52. The van der Waals surface area contributed by atoms with Crippen molar-refractivity contribution >= 4 is 5.91 Å². The molecule has 1 aliphatic heterocycles. The molecule has 0 spiro atoms. The van der Waals surface area contributed by atoms with Crippen molar-refractivity contribution in [2.45, 2.75) is 25.0 Å². The van der Waals surface area contributed by atoms with E-state index in [1.807, 2.05) is 47.4 Å². The fourth-order valence-corrected chi connectivity index (χ4v) is 2.58. The van der Waals surface area contributed by atoms with Gasteiger partial charge in [-0.25, -0.2) is 4.68 Å². The van der Waals surface area contributed by atoms with Crippen LogP contribution >= 0.6 is 0 Å². The Morgan fingerprint density at radius 1 is 1.41 bits per heavy atom. The van der Waals surface area contributed by atoms with Crippen LogP contribution in [0.4, 0.5) is 0 Å². The van der Waals surface area contributed by atoms with Crippen LogP contribution in [-0.2, 0) is 11.2 Å². The molecule has 3 rings (SSSR count). The zero-order chi connectivity index (χ0) is 15.4. The summed E-state index contributed by atoms with van der Waals surface area (Å²) >= 11 is 0. The third-order valence-electron chi connectivity index (χ3n) is 3.79. The van der Waals surface area contributed by atoms with Gasteiger partial charge in [-0.15, -0.1) is 0 Å². The first-order chi connectivity index (χ1) is 10.7. The highest BCUT2D eigenvalue weighted by Crippen LogP contribution is 2.08. The second-order valence-electron chi connectivity index (χ2n) is 5.52. The minimum atomic E-state index is -0.417. The number of hydrogen-bond donors (Lipinski definition) is 3. The van der Waals surface area contributed by atoms with Crippen molar-refractivity contribution in [3.8, 4) is 5.69 Å². The maximum Gasteiger partial charge on any atom is 0.237 e. The predicted molar refractivity (Wildman–Crippen MR) is 82.7 cm³/mol. The Bertz CT molecular complexity index is 626. The summed E-state index contributed by atoms with van der Waals surface area (Å²) in [7, 11) is 0. The molecule has 1 amide bonds. The van der Waals surface area contributed by atoms with E-state index in [1.54, 1.807) is 0 Å². The molecule has 2 aromatic rings. The summed E-state index contributed by atoms with van der Waals surface area (Å²) in [6.45, 7) is 1.05. The molecule has 2 heterocycles. The fourth-order valence-electron chi connectivity index (χ4n) is 2.58. The van der Waals surface area contributed by atoms with E-state index in [9.17, 15) is 9.90 Å². The molecule has 1 saturated heterocycles. The second-order valence-corrected chi connectivity index (χ2v) is 5.52. The average molecular weight is 300 g/mol. The van der Waals surface area contributed by atoms with Crippen molar-refractivity contribution in [1.82, 2.24) is 20.4 Å². The molecule has 116 valence electrons. The second kappa shape index (κ2) is 6.72. The Morgan fingerprint density at radius 2 is 2.23 bits per heavy atom. The van der Waals surface area contributed by atoms with E-state index in [2.05, 4.69) is 15.7 Å². The van der Waals surface area contributed by atoms with Crippen LogP contribution in [0.25, 0.3) is 5.69 Å². The number of carbonyl (C=O) groups excluding carboxylic acids is 1. The van der Waals surface area contributed by atoms with Crippen LogP contribution in [0, 0.1) is 0 Å². The number of β-amino-alcohol motifs (C(OH)–C–C–N with tert-alkyl or cyclic N) is 1. The van der Waals surface area contributed by atoms with Gasteiger partial charge in [-0.3, -0.25) is 4.79 Å². The third-order valence-corrected chi connectivity index (χ3v) is 3.79. The van der Waals surface area contributed by atoms with Gasteiger partial charge in [0, 0.05) is 19.3 Å². The normalized spacial score (nSPS) is 21.0. The van der Waals surface area contributed by atoms with Gasteiger partial charge in [-0.05, 0) is 30.5 Å². The quantitative estimate of drug-likeness (QED) is 0.740. The highest BCUT2D eigenvalue weighted by atomic mass is 16.3. The number of nitrogens with zero attached hydrogens (tertiary/aromatic N) is 2. The molecule has 0 bridgehead atoms. The SMILES string of the molecule is O=C(NCCc1cnn(-c2ccccc2)c1)[C@H]1C[C@@H](O)CN1. The summed E-state index contributed by atoms with van der Waals surface area (Å²) < 4.78 is 1.83. The van der Waals surface area contributed by atoms with Crippen LogP contribution in [0.5, 0.6) is 0 Å². The number of hydrogen-bond acceptors (Lipinski definition) is 4. The molecule has 0 saturated carbocycles. The van der Waals surface area contributed by atoms with Gasteiger partial charge in [0.1, 0.15) is 0 Å². The summed E-state index contributed by atoms with van der Waals surface area (Å²) in [4.78, 5) is 11.9. The molecule has 1 aliphatic rings. The van der Waals surface area contributed by atoms with Crippen LogP contribution in [0.15, 0.2) is 42.7 Å². The highest BCUT2D eigenvalue weighted by molar-refractivity contribution is 5.82. The average Bonchev–Trinajstić information content (AvgIpc) is 3.17. The number of para-hydroxylation sites is 1. The van der Waals surface area contributed by atoms with Crippen molar-refractivity contribution in [2.24, 2.45) is 0 Å². The molecular weight excluding hydrogens is 280 g/mol. The predicted octanol–water partition coefficient (Wildman–Crippen LogP) is 0.254. The van der Waals surface area contributed by atoms with E-state index in [0.717, 1.165) is 17.7 Å². The van der Waals surface area contributed by atoms with Gasteiger partial charge in [0.05, 0.1) is 24.0 Å². The minimum absolute atomic E-state index is 0.0491. The molecule has 0 radical (unpaired) electrons. The van der Waals surface area contributed by atoms with E-state index in [4.69, 9.17) is 0 Å². The van der Waals surface area contributed by atoms with Crippen LogP contribution in [-0.4, -0.2) is 46.0 Å². The first-order valence-corrected chi connectivity index (χ1v) is 7.50. The number of aliphatic hydroxyl groups excluding tert-OH is 1. The fraction of sp³-hybridized carbons (Fsp3) is 0.375. The van der Waals surface area contributed by atoms with Gasteiger partial charge >= 0.3 is 0 Å². The molecule has 6 nitrogen and oxygen atoms in total. The number of amides is 1. The molecule has 2 atom stereocenters. The molecule has 1 fully saturated rings. The van der Waals surface area contributed by atoms with Crippen molar-refractivity contribution in [3.63, 3.8) is 0 Å².